The fourth-order valence-corrected chi connectivity index (χ4v) is 5.29. The second-order valence-electron chi connectivity index (χ2n) is 7.89. The molecule has 4 N–H and O–H groups in total. The van der Waals surface area contributed by atoms with Crippen LogP contribution in [0.4, 0.5) is 0 Å². The Morgan fingerprint density at radius 3 is 2.67 bits per heavy atom. The van der Waals surface area contributed by atoms with Crippen LogP contribution in [0.2, 0.25) is 0 Å². The van der Waals surface area contributed by atoms with Crippen LogP contribution in [0.3, 0.4) is 0 Å². The highest BCUT2D eigenvalue weighted by Gasteiger charge is 2.33. The first-order valence-electron chi connectivity index (χ1n) is 9.14. The minimum absolute atomic E-state index is 0.115. The number of ether oxygens (including phenoxy) is 2. The maximum absolute atomic E-state index is 12.2. The van der Waals surface area contributed by atoms with Crippen molar-refractivity contribution in [3.05, 3.63) is 33.7 Å². The summed E-state index contributed by atoms with van der Waals surface area (Å²) in [5.74, 6) is 6.03. The van der Waals surface area contributed by atoms with Gasteiger partial charge in [0.2, 0.25) is 0 Å². The predicted octanol–water partition coefficient (Wildman–Crippen LogP) is 3.36. The van der Waals surface area contributed by atoms with Gasteiger partial charge in [0.1, 0.15) is 13.2 Å². The lowest BCUT2D eigenvalue weighted by Crippen LogP contribution is -2.23. The Hall–Kier alpha value is -2.09. The number of carboxylic acid groups (broad SMARTS) is 1. The molecule has 0 fully saturated rings. The lowest BCUT2D eigenvalue weighted by atomic mass is 9.76. The monoisotopic (exact) mass is 388 g/mol. The van der Waals surface area contributed by atoms with Crippen molar-refractivity contribution in [3.63, 3.8) is 0 Å². The molecule has 1 aliphatic carbocycles. The first-order chi connectivity index (χ1) is 12.9. The van der Waals surface area contributed by atoms with Crippen molar-refractivity contribution in [1.82, 2.24) is 5.43 Å². The highest BCUT2D eigenvalue weighted by atomic mass is 32.1. The highest BCUT2D eigenvalue weighted by molar-refractivity contribution is 7.16. The Bertz CT molecular complexity index is 904. The van der Waals surface area contributed by atoms with E-state index in [9.17, 15) is 9.90 Å². The number of hydrazine groups is 1. The first-order valence-corrected chi connectivity index (χ1v) is 9.95. The van der Waals surface area contributed by atoms with E-state index >= 15 is 0 Å². The average molecular weight is 388 g/mol. The van der Waals surface area contributed by atoms with Gasteiger partial charge in [-0.2, -0.15) is 0 Å². The first kappa shape index (κ1) is 18.3. The Morgan fingerprint density at radius 1 is 1.30 bits per heavy atom. The van der Waals surface area contributed by atoms with E-state index in [4.69, 9.17) is 15.3 Å². The number of carbonyl (C=O) groups is 1. The smallest absolute Gasteiger partial charge is 0.337 e. The number of nitrogens with two attached hydrogens (primary N) is 1. The molecule has 27 heavy (non-hydrogen) atoms. The Morgan fingerprint density at radius 2 is 2.00 bits per heavy atom. The third kappa shape index (κ3) is 3.31. The summed E-state index contributed by atoms with van der Waals surface area (Å²) >= 11 is 1.59. The van der Waals surface area contributed by atoms with E-state index in [0.29, 0.717) is 36.8 Å². The van der Waals surface area contributed by atoms with Gasteiger partial charge >= 0.3 is 5.97 Å². The van der Waals surface area contributed by atoms with Crippen molar-refractivity contribution < 1.29 is 19.4 Å². The largest absolute Gasteiger partial charge is 0.486 e. The number of hydrogen-bond acceptors (Lipinski definition) is 6. The third-order valence-electron chi connectivity index (χ3n) is 5.29. The number of aryl methyl sites for hydroxylation is 1. The van der Waals surface area contributed by atoms with Gasteiger partial charge in [0, 0.05) is 21.9 Å². The van der Waals surface area contributed by atoms with E-state index in [1.54, 1.807) is 11.3 Å². The zero-order valence-corrected chi connectivity index (χ0v) is 16.4. The number of fused-ring (bicyclic) bond motifs is 2. The van der Waals surface area contributed by atoms with Gasteiger partial charge < -0.3 is 14.6 Å². The number of rotatable bonds is 4. The summed E-state index contributed by atoms with van der Waals surface area (Å²) in [5, 5.41) is 10.0. The van der Waals surface area contributed by atoms with Crippen molar-refractivity contribution in [1.29, 1.82) is 0 Å². The van der Waals surface area contributed by atoms with Crippen LogP contribution in [0.25, 0.3) is 10.4 Å². The minimum atomic E-state index is -0.873. The lowest BCUT2D eigenvalue weighted by Gasteiger charge is -2.29. The molecule has 0 radical (unpaired) electrons. The van der Waals surface area contributed by atoms with Gasteiger partial charge in [-0.25, -0.2) is 4.79 Å². The molecule has 2 heterocycles. The summed E-state index contributed by atoms with van der Waals surface area (Å²) in [5.41, 5.74) is 5.97. The summed E-state index contributed by atoms with van der Waals surface area (Å²) in [4.78, 5) is 14.2. The summed E-state index contributed by atoms with van der Waals surface area (Å²) in [6.45, 7) is 5.81. The van der Waals surface area contributed by atoms with Crippen LogP contribution in [-0.4, -0.2) is 24.3 Å². The summed E-state index contributed by atoms with van der Waals surface area (Å²) < 4.78 is 11.4. The standard InChI is InChI=1S/C20H24N2O4S/c1-20(2)4-3-16-13(9-20)17(19(23)24)18(27-16)12-8-15-14(25-5-6-26-15)7-11(12)10-22-21/h7-8,22H,3-6,9-10,21H2,1-2H3,(H,23,24). The molecule has 1 aromatic heterocycles. The third-order valence-corrected chi connectivity index (χ3v) is 6.62. The normalized spacial score (nSPS) is 17.4. The fraction of sp³-hybridized carbons (Fsp3) is 0.450. The van der Waals surface area contributed by atoms with Gasteiger partial charge in [0.15, 0.2) is 11.5 Å². The Kier molecular flexibility index (Phi) is 4.61. The molecule has 0 atom stereocenters. The second kappa shape index (κ2) is 6.82. The molecule has 0 bridgehead atoms. The highest BCUT2D eigenvalue weighted by Crippen LogP contribution is 2.47. The zero-order valence-electron chi connectivity index (χ0n) is 15.6. The molecule has 0 spiro atoms. The van der Waals surface area contributed by atoms with E-state index in [1.165, 1.54) is 4.88 Å². The summed E-state index contributed by atoms with van der Waals surface area (Å²) in [6, 6.07) is 3.80. The predicted molar refractivity (Wildman–Crippen MR) is 105 cm³/mol. The van der Waals surface area contributed by atoms with Gasteiger partial charge in [0.05, 0.1) is 5.56 Å². The van der Waals surface area contributed by atoms with E-state index in [0.717, 1.165) is 40.8 Å². The van der Waals surface area contributed by atoms with Gasteiger partial charge in [-0.05, 0) is 47.9 Å². The summed E-state index contributed by atoms with van der Waals surface area (Å²) in [7, 11) is 0. The van der Waals surface area contributed by atoms with Gasteiger partial charge in [-0.1, -0.05) is 13.8 Å². The second-order valence-corrected chi connectivity index (χ2v) is 8.99. The number of hydrogen-bond donors (Lipinski definition) is 3. The molecule has 1 aromatic carbocycles. The molecule has 144 valence electrons. The van der Waals surface area contributed by atoms with Crippen LogP contribution in [0.5, 0.6) is 11.5 Å². The topological polar surface area (TPSA) is 93.8 Å². The Balaban J connectivity index is 1.91. The maximum Gasteiger partial charge on any atom is 0.337 e. The molecule has 6 nitrogen and oxygen atoms in total. The SMILES string of the molecule is CC1(C)CCc2sc(-c3cc4c(cc3CNN)OCCO4)c(C(=O)O)c2C1. The quantitative estimate of drug-likeness (QED) is 0.549. The molecule has 2 aromatic rings. The zero-order chi connectivity index (χ0) is 19.2. The van der Waals surface area contributed by atoms with Crippen LogP contribution in [0.15, 0.2) is 12.1 Å². The van der Waals surface area contributed by atoms with Gasteiger partial charge in [-0.15, -0.1) is 11.3 Å². The minimum Gasteiger partial charge on any atom is -0.486 e. The molecule has 2 aliphatic rings. The molecule has 7 heteroatoms. The van der Waals surface area contributed by atoms with Crippen LogP contribution >= 0.6 is 11.3 Å². The number of aromatic carboxylic acids is 1. The van der Waals surface area contributed by atoms with E-state index in [-0.39, 0.29) is 5.41 Å². The van der Waals surface area contributed by atoms with Crippen molar-refractivity contribution in [2.45, 2.75) is 39.7 Å². The molecular weight excluding hydrogens is 364 g/mol. The molecule has 1 aliphatic heterocycles. The maximum atomic E-state index is 12.2. The van der Waals surface area contributed by atoms with Crippen LogP contribution < -0.4 is 20.7 Å². The average Bonchev–Trinajstić information content (AvgIpc) is 2.98. The lowest BCUT2D eigenvalue weighted by molar-refractivity contribution is 0.0696. The molecule has 4 rings (SSSR count). The molecular formula is C20H24N2O4S. The number of carboxylic acids is 1. The van der Waals surface area contributed by atoms with Crippen molar-refractivity contribution in [2.75, 3.05) is 13.2 Å². The van der Waals surface area contributed by atoms with E-state index < -0.39 is 5.97 Å². The molecule has 0 saturated heterocycles. The van der Waals surface area contributed by atoms with Crippen LogP contribution in [-0.2, 0) is 19.4 Å². The van der Waals surface area contributed by atoms with Crippen molar-refractivity contribution >= 4 is 17.3 Å². The number of thiophene rings is 1. The Labute approximate surface area is 162 Å². The van der Waals surface area contributed by atoms with Gasteiger partial charge in [-0.3, -0.25) is 11.3 Å². The van der Waals surface area contributed by atoms with Crippen molar-refractivity contribution in [3.8, 4) is 21.9 Å². The molecule has 0 unspecified atom stereocenters. The molecule has 0 saturated carbocycles. The van der Waals surface area contributed by atoms with Crippen LogP contribution in [0, 0.1) is 5.41 Å². The number of benzene rings is 1. The van der Waals surface area contributed by atoms with Crippen LogP contribution in [0.1, 0.15) is 46.6 Å². The van der Waals surface area contributed by atoms with E-state index in [1.807, 2.05) is 12.1 Å². The van der Waals surface area contributed by atoms with Gasteiger partial charge in [0.25, 0.3) is 0 Å². The summed E-state index contributed by atoms with van der Waals surface area (Å²) in [6.07, 6.45) is 2.77. The molecule has 0 amide bonds. The van der Waals surface area contributed by atoms with Crippen molar-refractivity contribution in [2.24, 2.45) is 11.3 Å². The van der Waals surface area contributed by atoms with E-state index in [2.05, 4.69) is 19.3 Å². The fourth-order valence-electron chi connectivity index (χ4n) is 3.93. The number of nitrogens with one attached hydrogen (secondary N) is 1.